The molecule has 2 aromatic carbocycles. The Morgan fingerprint density at radius 2 is 1.54 bits per heavy atom. The molecule has 0 saturated carbocycles. The van der Waals surface area contributed by atoms with E-state index in [1.807, 2.05) is 58.0 Å². The molecular weight excluding hydrogens is 449 g/mol. The zero-order valence-corrected chi connectivity index (χ0v) is 21.0. The summed E-state index contributed by atoms with van der Waals surface area (Å²) in [4.78, 5) is 23.9. The van der Waals surface area contributed by atoms with Crippen LogP contribution in [0.4, 0.5) is 4.79 Å². The number of aldehydes is 1. The molecule has 1 N–H and O–H groups in total. The van der Waals surface area contributed by atoms with Crippen molar-refractivity contribution < 1.29 is 33.1 Å². The number of ether oxygens (including phenoxy) is 3. The maximum atomic E-state index is 12.4. The molecule has 1 fully saturated rings. The molecule has 0 unspecified atom stereocenters. The first kappa shape index (κ1) is 26.3. The van der Waals surface area contributed by atoms with Gasteiger partial charge < -0.3 is 28.8 Å². The third-order valence-electron chi connectivity index (χ3n) is 6.26. The maximum absolute atomic E-state index is 12.4. The molecule has 1 heterocycles. The summed E-state index contributed by atoms with van der Waals surface area (Å²) in [5.74, 6) is 0.865. The topological polar surface area (TPSA) is 92.3 Å². The van der Waals surface area contributed by atoms with Gasteiger partial charge in [-0.05, 0) is 50.9 Å². The van der Waals surface area contributed by atoms with Crippen LogP contribution in [0.5, 0.6) is 11.5 Å². The molecule has 9 heteroatoms. The van der Waals surface area contributed by atoms with Crippen LogP contribution in [0.1, 0.15) is 49.2 Å². The molecule has 0 aliphatic carbocycles. The highest BCUT2D eigenvalue weighted by Crippen LogP contribution is 2.39. The second-order valence-electron chi connectivity index (χ2n) is 9.18. The molecule has 0 atom stereocenters. The highest BCUT2D eigenvalue weighted by atomic mass is 16.7. The summed E-state index contributed by atoms with van der Waals surface area (Å²) in [6.07, 6.45) is 1.93. The van der Waals surface area contributed by atoms with Gasteiger partial charge in [0, 0.05) is 12.1 Å². The van der Waals surface area contributed by atoms with E-state index in [0.29, 0.717) is 34.4 Å². The van der Waals surface area contributed by atoms with Gasteiger partial charge in [-0.3, -0.25) is 4.79 Å². The first-order chi connectivity index (χ1) is 16.6. The van der Waals surface area contributed by atoms with Crippen molar-refractivity contribution in [2.75, 3.05) is 20.8 Å². The van der Waals surface area contributed by atoms with Gasteiger partial charge >= 0.3 is 13.2 Å². The number of alkyl carbamates (subject to hydrolysis) is 1. The molecule has 0 radical (unpaired) electrons. The van der Waals surface area contributed by atoms with E-state index in [2.05, 4.69) is 5.32 Å². The lowest BCUT2D eigenvalue weighted by molar-refractivity contribution is 0.00578. The first-order valence-corrected chi connectivity index (χ1v) is 11.3. The monoisotopic (exact) mass is 481 g/mol. The van der Waals surface area contributed by atoms with Crippen molar-refractivity contribution in [1.29, 1.82) is 0 Å². The quantitative estimate of drug-likeness (QED) is 0.418. The molecule has 0 bridgehead atoms. The van der Waals surface area contributed by atoms with Crippen LogP contribution >= 0.6 is 0 Å². The van der Waals surface area contributed by atoms with E-state index in [0.717, 1.165) is 5.56 Å². The summed E-state index contributed by atoms with van der Waals surface area (Å²) in [5.41, 5.74) is 1.37. The molecule has 2 aromatic rings. The predicted octanol–water partition coefficient (Wildman–Crippen LogP) is 4.46. The molecule has 1 aliphatic heterocycles. The Morgan fingerprint density at radius 1 is 0.971 bits per heavy atom. The van der Waals surface area contributed by atoms with Gasteiger partial charge in [-0.1, -0.05) is 36.4 Å². The number of benzene rings is 2. The third kappa shape index (κ3) is 6.23. The lowest BCUT2D eigenvalue weighted by atomic mass is 9.77. The van der Waals surface area contributed by atoms with Crippen molar-refractivity contribution in [2.45, 2.75) is 45.5 Å². The van der Waals surface area contributed by atoms with Crippen molar-refractivity contribution in [1.82, 2.24) is 5.32 Å². The largest absolute Gasteiger partial charge is 0.496 e. The van der Waals surface area contributed by atoms with Crippen LogP contribution in [0.15, 0.2) is 47.9 Å². The molecule has 1 aliphatic rings. The van der Waals surface area contributed by atoms with Crippen LogP contribution in [0, 0.1) is 0 Å². The second kappa shape index (κ2) is 11.0. The summed E-state index contributed by atoms with van der Waals surface area (Å²) < 4.78 is 28.6. The van der Waals surface area contributed by atoms with Gasteiger partial charge in [0.25, 0.3) is 0 Å². The van der Waals surface area contributed by atoms with Crippen molar-refractivity contribution in [3.63, 3.8) is 0 Å². The normalized spacial score (nSPS) is 16.5. The average Bonchev–Trinajstić information content (AvgIpc) is 3.06. The van der Waals surface area contributed by atoms with Gasteiger partial charge in [-0.15, -0.1) is 0 Å². The van der Waals surface area contributed by atoms with Crippen LogP contribution in [0.3, 0.4) is 0 Å². The Labute approximate surface area is 206 Å². The van der Waals surface area contributed by atoms with Crippen LogP contribution in [0.25, 0.3) is 6.08 Å². The maximum Gasteiger partial charge on any atom is 0.492 e. The lowest BCUT2D eigenvalue weighted by Gasteiger charge is -2.32. The fourth-order valence-corrected chi connectivity index (χ4v) is 3.49. The van der Waals surface area contributed by atoms with Crippen molar-refractivity contribution in [2.24, 2.45) is 0 Å². The van der Waals surface area contributed by atoms with E-state index < -0.39 is 24.4 Å². The molecule has 0 spiro atoms. The molecule has 186 valence electrons. The van der Waals surface area contributed by atoms with E-state index in [-0.39, 0.29) is 13.2 Å². The summed E-state index contributed by atoms with van der Waals surface area (Å²) in [6.45, 7) is 8.07. The number of carbonyl (C=O) groups is 2. The molecule has 1 saturated heterocycles. The molecule has 1 amide bonds. The Kier molecular flexibility index (Phi) is 8.24. The van der Waals surface area contributed by atoms with Crippen LogP contribution in [0.2, 0.25) is 0 Å². The van der Waals surface area contributed by atoms with E-state index in [9.17, 15) is 9.59 Å². The number of nitrogens with one attached hydrogen (secondary N) is 1. The minimum Gasteiger partial charge on any atom is -0.496 e. The Balaban J connectivity index is 1.87. The Morgan fingerprint density at radius 3 is 2.11 bits per heavy atom. The minimum atomic E-state index is -0.726. The molecule has 3 rings (SSSR count). The number of methoxy groups -OCH3 is 2. The Bertz CT molecular complexity index is 1070. The van der Waals surface area contributed by atoms with Crippen LogP contribution in [-0.2, 0) is 20.7 Å². The van der Waals surface area contributed by atoms with Crippen LogP contribution < -0.4 is 14.8 Å². The summed E-state index contributed by atoms with van der Waals surface area (Å²) >= 11 is 0. The molecule has 8 nitrogen and oxygen atoms in total. The van der Waals surface area contributed by atoms with Crippen molar-refractivity contribution in [3.05, 3.63) is 64.6 Å². The van der Waals surface area contributed by atoms with E-state index in [4.69, 9.17) is 23.5 Å². The summed E-state index contributed by atoms with van der Waals surface area (Å²) in [6, 6.07) is 12.7. The molecular formula is C26H32BNO7. The van der Waals surface area contributed by atoms with Crippen molar-refractivity contribution >= 4 is 25.6 Å². The lowest BCUT2D eigenvalue weighted by Crippen LogP contribution is -2.41. The molecule has 35 heavy (non-hydrogen) atoms. The van der Waals surface area contributed by atoms with E-state index in [1.165, 1.54) is 14.2 Å². The predicted molar refractivity (Wildman–Crippen MR) is 134 cm³/mol. The number of rotatable bonds is 9. The zero-order chi connectivity index (χ0) is 25.6. The number of carbonyl (C=O) groups excluding carboxylic acids is 2. The van der Waals surface area contributed by atoms with Gasteiger partial charge in [-0.25, -0.2) is 4.79 Å². The van der Waals surface area contributed by atoms with E-state index in [1.54, 1.807) is 18.2 Å². The standard InChI is InChI=1S/C26H32BNO7/c1-25(2)26(3,4)35-27(34-25)21(15-28-24(30)33-17-18-10-8-7-9-11-18)12-19-13-23(32-6)20(16-29)14-22(19)31-5/h7-14,16H,15,17H2,1-6H3,(H,28,30). The van der Waals surface area contributed by atoms with Gasteiger partial charge in [0.05, 0.1) is 31.0 Å². The number of hydrogen-bond donors (Lipinski definition) is 1. The van der Waals surface area contributed by atoms with Gasteiger partial charge in [-0.2, -0.15) is 0 Å². The smallest absolute Gasteiger partial charge is 0.492 e. The van der Waals surface area contributed by atoms with Crippen LogP contribution in [-0.4, -0.2) is 51.5 Å². The van der Waals surface area contributed by atoms with Gasteiger partial charge in [0.1, 0.15) is 18.1 Å². The first-order valence-electron chi connectivity index (χ1n) is 11.3. The fourth-order valence-electron chi connectivity index (χ4n) is 3.49. The Hall–Kier alpha value is -3.30. The van der Waals surface area contributed by atoms with E-state index >= 15 is 0 Å². The second-order valence-corrected chi connectivity index (χ2v) is 9.18. The fraction of sp³-hybridized carbons (Fsp3) is 0.385. The highest BCUT2D eigenvalue weighted by molar-refractivity contribution is 6.56. The highest BCUT2D eigenvalue weighted by Gasteiger charge is 2.52. The third-order valence-corrected chi connectivity index (χ3v) is 6.26. The average molecular weight is 481 g/mol. The minimum absolute atomic E-state index is 0.103. The zero-order valence-electron chi connectivity index (χ0n) is 21.0. The number of hydrogen-bond acceptors (Lipinski definition) is 7. The summed E-state index contributed by atoms with van der Waals surface area (Å²) in [7, 11) is 2.28. The molecule has 0 aromatic heterocycles. The number of amides is 1. The van der Waals surface area contributed by atoms with Gasteiger partial charge in [0.2, 0.25) is 0 Å². The van der Waals surface area contributed by atoms with Gasteiger partial charge in [0.15, 0.2) is 6.29 Å². The van der Waals surface area contributed by atoms with Crippen molar-refractivity contribution in [3.8, 4) is 11.5 Å². The summed E-state index contributed by atoms with van der Waals surface area (Å²) in [5, 5.41) is 2.78. The SMILES string of the molecule is COc1cc(C=C(CNC(=O)OCc2ccccc2)B2OC(C)(C)C(C)(C)O2)c(OC)cc1C=O.